The molecule has 31 heavy (non-hydrogen) atoms. The van der Waals surface area contributed by atoms with Gasteiger partial charge >= 0.3 is 6.18 Å². The van der Waals surface area contributed by atoms with E-state index in [4.69, 9.17) is 0 Å². The lowest BCUT2D eigenvalue weighted by atomic mass is 10.1. The summed E-state index contributed by atoms with van der Waals surface area (Å²) in [6.07, 6.45) is -0.240. The molecule has 0 aromatic carbocycles. The maximum absolute atomic E-state index is 12.9. The average Bonchev–Trinajstić information content (AvgIpc) is 3.44. The summed E-state index contributed by atoms with van der Waals surface area (Å²) in [6, 6.07) is 5.84. The number of carbonyl (C=O) groups is 1. The maximum Gasteiger partial charge on any atom is 0.453 e. The fourth-order valence-corrected chi connectivity index (χ4v) is 4.27. The van der Waals surface area contributed by atoms with E-state index in [1.54, 1.807) is 25.2 Å². The van der Waals surface area contributed by atoms with Crippen molar-refractivity contribution in [2.75, 3.05) is 0 Å². The molecule has 1 amide bonds. The second-order valence-electron chi connectivity index (χ2n) is 7.02. The summed E-state index contributed by atoms with van der Waals surface area (Å²) in [5, 5.41) is 9.45. The number of halogens is 3. The molecule has 0 aliphatic heterocycles. The number of thiophene rings is 1. The van der Waals surface area contributed by atoms with E-state index >= 15 is 0 Å². The van der Waals surface area contributed by atoms with Gasteiger partial charge in [-0.1, -0.05) is 0 Å². The first kappa shape index (κ1) is 21.0. The second kappa shape index (κ2) is 8.14. The highest BCUT2D eigenvalue weighted by Gasteiger charge is 2.37. The maximum atomic E-state index is 12.9. The third-order valence-corrected chi connectivity index (χ3v) is 5.91. The number of aryl methyl sites for hydroxylation is 2. The van der Waals surface area contributed by atoms with Gasteiger partial charge in [0.05, 0.1) is 0 Å². The second-order valence-corrected chi connectivity index (χ2v) is 7.92. The molecule has 0 aliphatic carbocycles. The number of amides is 1. The number of alkyl halides is 3. The predicted molar refractivity (Wildman–Crippen MR) is 109 cm³/mol. The lowest BCUT2D eigenvalue weighted by Crippen LogP contribution is -2.23. The summed E-state index contributed by atoms with van der Waals surface area (Å²) in [6.45, 7) is 3.73. The molecule has 11 heteroatoms. The minimum absolute atomic E-state index is 0.106. The van der Waals surface area contributed by atoms with Crippen LogP contribution >= 0.6 is 11.3 Å². The Labute approximate surface area is 179 Å². The Morgan fingerprint density at radius 2 is 1.94 bits per heavy atom. The molecular formula is C20H19F3N6OS. The molecule has 0 spiro atoms. The summed E-state index contributed by atoms with van der Waals surface area (Å²) in [7, 11) is 0. The molecule has 0 bridgehead atoms. The molecular weight excluding hydrogens is 429 g/mol. The van der Waals surface area contributed by atoms with Crippen LogP contribution in [0.3, 0.4) is 0 Å². The monoisotopic (exact) mass is 448 g/mol. The van der Waals surface area contributed by atoms with Gasteiger partial charge in [-0.3, -0.25) is 4.79 Å². The highest BCUT2D eigenvalue weighted by molar-refractivity contribution is 7.12. The fourth-order valence-electron chi connectivity index (χ4n) is 3.37. The Kier molecular flexibility index (Phi) is 5.52. The summed E-state index contributed by atoms with van der Waals surface area (Å²) >= 11 is 1.59. The Morgan fingerprint density at radius 3 is 2.65 bits per heavy atom. The summed E-state index contributed by atoms with van der Waals surface area (Å²) in [4.78, 5) is 20.0. The van der Waals surface area contributed by atoms with Crippen molar-refractivity contribution in [2.45, 2.75) is 39.4 Å². The molecule has 4 aromatic heterocycles. The van der Waals surface area contributed by atoms with Gasteiger partial charge in [-0.2, -0.15) is 18.2 Å². The number of rotatable bonds is 6. The van der Waals surface area contributed by atoms with Crippen molar-refractivity contribution >= 4 is 23.0 Å². The zero-order valence-corrected chi connectivity index (χ0v) is 17.6. The lowest BCUT2D eigenvalue weighted by Gasteiger charge is -2.11. The van der Waals surface area contributed by atoms with E-state index < -0.39 is 12.0 Å². The largest absolute Gasteiger partial charge is 0.453 e. The Hall–Kier alpha value is -3.21. The van der Waals surface area contributed by atoms with Crippen molar-refractivity contribution in [3.63, 3.8) is 0 Å². The molecule has 4 rings (SSSR count). The highest BCUT2D eigenvalue weighted by atomic mass is 32.1. The van der Waals surface area contributed by atoms with E-state index in [0.29, 0.717) is 29.9 Å². The molecule has 0 aliphatic rings. The molecule has 4 heterocycles. The van der Waals surface area contributed by atoms with Gasteiger partial charge in [0.15, 0.2) is 0 Å². The molecule has 0 saturated carbocycles. The van der Waals surface area contributed by atoms with Crippen LogP contribution in [0.4, 0.5) is 13.2 Å². The summed E-state index contributed by atoms with van der Waals surface area (Å²) < 4.78 is 41.8. The number of nitrogens with zero attached hydrogens (tertiary/aromatic N) is 5. The SMILES string of the molecule is Cc1nc2nc(C(F)(F)F)nn2c(C)c1CCC(=O)NCc1ccsc1-n1cccc1. The number of aromatic nitrogens is 5. The topological polar surface area (TPSA) is 77.1 Å². The zero-order valence-electron chi connectivity index (χ0n) is 16.8. The third-order valence-electron chi connectivity index (χ3n) is 4.94. The first-order valence-corrected chi connectivity index (χ1v) is 10.4. The van der Waals surface area contributed by atoms with Crippen LogP contribution in [0.15, 0.2) is 36.0 Å². The number of hydrogen-bond acceptors (Lipinski definition) is 5. The number of fused-ring (bicyclic) bond motifs is 1. The minimum Gasteiger partial charge on any atom is -0.352 e. The predicted octanol–water partition coefficient (Wildman–Crippen LogP) is 3.86. The molecule has 0 unspecified atom stereocenters. The third kappa shape index (κ3) is 4.31. The van der Waals surface area contributed by atoms with Crippen molar-refractivity contribution in [3.8, 4) is 5.00 Å². The van der Waals surface area contributed by atoms with Crippen molar-refractivity contribution in [2.24, 2.45) is 0 Å². The van der Waals surface area contributed by atoms with Gasteiger partial charge in [0.2, 0.25) is 5.91 Å². The van der Waals surface area contributed by atoms with Crippen molar-refractivity contribution < 1.29 is 18.0 Å². The fraction of sp³-hybridized carbons (Fsp3) is 0.300. The van der Waals surface area contributed by atoms with Gasteiger partial charge in [-0.15, -0.1) is 16.4 Å². The Morgan fingerprint density at radius 1 is 1.19 bits per heavy atom. The zero-order chi connectivity index (χ0) is 22.2. The molecule has 7 nitrogen and oxygen atoms in total. The summed E-state index contributed by atoms with van der Waals surface area (Å²) in [5.41, 5.74) is 2.72. The van der Waals surface area contributed by atoms with Crippen LogP contribution in [-0.4, -0.2) is 30.1 Å². The average molecular weight is 448 g/mol. The molecule has 0 fully saturated rings. The van der Waals surface area contributed by atoms with Gasteiger partial charge < -0.3 is 9.88 Å². The number of hydrogen-bond donors (Lipinski definition) is 1. The minimum atomic E-state index is -4.64. The normalized spacial score (nSPS) is 11.9. The van der Waals surface area contributed by atoms with E-state index in [9.17, 15) is 18.0 Å². The van der Waals surface area contributed by atoms with Crippen molar-refractivity contribution in [1.29, 1.82) is 0 Å². The van der Waals surface area contributed by atoms with Crippen LogP contribution in [0, 0.1) is 13.8 Å². The van der Waals surface area contributed by atoms with Crippen molar-refractivity contribution in [3.05, 3.63) is 64.3 Å². The quantitative estimate of drug-likeness (QED) is 0.486. The van der Waals surface area contributed by atoms with E-state index in [1.807, 2.05) is 40.5 Å². The number of nitrogens with one attached hydrogen (secondary N) is 1. The first-order valence-electron chi connectivity index (χ1n) is 9.50. The number of carbonyl (C=O) groups excluding carboxylic acids is 1. The van der Waals surface area contributed by atoms with Gasteiger partial charge in [-0.25, -0.2) is 9.50 Å². The molecule has 1 N–H and O–H groups in total. The van der Waals surface area contributed by atoms with Crippen LogP contribution < -0.4 is 5.32 Å². The van der Waals surface area contributed by atoms with E-state index in [0.717, 1.165) is 15.1 Å². The van der Waals surface area contributed by atoms with Gasteiger partial charge in [-0.05, 0) is 49.4 Å². The smallest absolute Gasteiger partial charge is 0.352 e. The van der Waals surface area contributed by atoms with Crippen molar-refractivity contribution in [1.82, 2.24) is 29.5 Å². The molecule has 0 radical (unpaired) electrons. The Balaban J connectivity index is 1.43. The van der Waals surface area contributed by atoms with Crippen LogP contribution in [0.2, 0.25) is 0 Å². The van der Waals surface area contributed by atoms with E-state index in [-0.39, 0.29) is 18.1 Å². The van der Waals surface area contributed by atoms with Gasteiger partial charge in [0.25, 0.3) is 11.6 Å². The molecule has 0 atom stereocenters. The van der Waals surface area contributed by atoms with Crippen LogP contribution in [0.1, 0.15) is 34.8 Å². The van der Waals surface area contributed by atoms with E-state index in [2.05, 4.69) is 20.4 Å². The molecule has 0 saturated heterocycles. The highest BCUT2D eigenvalue weighted by Crippen LogP contribution is 2.27. The Bertz CT molecular complexity index is 1230. The lowest BCUT2D eigenvalue weighted by molar-refractivity contribution is -0.144. The first-order chi connectivity index (χ1) is 14.7. The van der Waals surface area contributed by atoms with Crippen LogP contribution in [0.5, 0.6) is 0 Å². The standard InChI is InChI=1S/C20H19F3N6OS/c1-12-15(13(2)29-19(25-12)26-18(27-29)20(21,22)23)5-6-16(30)24-11-14-7-10-31-17(14)28-8-3-4-9-28/h3-4,7-10H,5-6,11H2,1-2H3,(H,24,30). The molecule has 162 valence electrons. The van der Waals surface area contributed by atoms with E-state index in [1.165, 1.54) is 0 Å². The van der Waals surface area contributed by atoms with Gasteiger partial charge in [0, 0.05) is 42.3 Å². The van der Waals surface area contributed by atoms with Crippen LogP contribution in [-0.2, 0) is 23.9 Å². The van der Waals surface area contributed by atoms with Gasteiger partial charge in [0.1, 0.15) is 5.00 Å². The van der Waals surface area contributed by atoms with Crippen LogP contribution in [0.25, 0.3) is 10.8 Å². The molecule has 4 aromatic rings. The summed E-state index contributed by atoms with van der Waals surface area (Å²) in [5.74, 6) is -1.49.